The Hall–Kier alpha value is -4.31. The van der Waals surface area contributed by atoms with Crippen molar-refractivity contribution >= 4 is 29.0 Å². The van der Waals surface area contributed by atoms with Crippen molar-refractivity contribution in [2.75, 3.05) is 31.2 Å². The van der Waals surface area contributed by atoms with E-state index in [4.69, 9.17) is 9.47 Å². The Bertz CT molecular complexity index is 1190. The van der Waals surface area contributed by atoms with Crippen LogP contribution in [-0.4, -0.2) is 42.4 Å². The van der Waals surface area contributed by atoms with E-state index >= 15 is 0 Å². The van der Waals surface area contributed by atoms with Gasteiger partial charge >= 0.3 is 5.69 Å². The lowest BCUT2D eigenvalue weighted by Crippen LogP contribution is -2.36. The summed E-state index contributed by atoms with van der Waals surface area (Å²) in [5, 5.41) is 22.2. The number of benzene rings is 3. The molecule has 1 aliphatic heterocycles. The Morgan fingerprint density at radius 2 is 1.70 bits per heavy atom. The maximum Gasteiger partial charge on any atom is 0.318 e. The van der Waals surface area contributed by atoms with E-state index in [0.717, 1.165) is 55.4 Å². The van der Waals surface area contributed by atoms with Crippen molar-refractivity contribution in [2.24, 2.45) is 4.99 Å². The van der Waals surface area contributed by atoms with Crippen LogP contribution in [0.5, 0.6) is 11.5 Å². The SMILES string of the molecule is O=[N+]([O-])c1ccc(Oc2cccc(C=Nc3ccc(N4CCOCC4)cc3)c2)c([N+](=O)[O-])c1. The fourth-order valence-corrected chi connectivity index (χ4v) is 3.35. The van der Waals surface area contributed by atoms with Crippen LogP contribution < -0.4 is 9.64 Å². The summed E-state index contributed by atoms with van der Waals surface area (Å²) in [6, 6.07) is 18.0. The van der Waals surface area contributed by atoms with Crippen LogP contribution in [0, 0.1) is 20.2 Å². The molecule has 0 radical (unpaired) electrons. The molecule has 33 heavy (non-hydrogen) atoms. The van der Waals surface area contributed by atoms with Gasteiger partial charge in [-0.2, -0.15) is 0 Å². The molecule has 0 spiro atoms. The van der Waals surface area contributed by atoms with Crippen molar-refractivity contribution < 1.29 is 19.3 Å². The van der Waals surface area contributed by atoms with Crippen LogP contribution in [0.3, 0.4) is 0 Å². The zero-order valence-electron chi connectivity index (χ0n) is 17.5. The number of aliphatic imine (C=N–C) groups is 1. The third kappa shape index (κ3) is 5.49. The molecule has 3 aromatic rings. The number of hydrogen-bond donors (Lipinski definition) is 0. The van der Waals surface area contributed by atoms with Crippen LogP contribution in [0.2, 0.25) is 0 Å². The molecule has 0 N–H and O–H groups in total. The summed E-state index contributed by atoms with van der Waals surface area (Å²) in [6.07, 6.45) is 1.67. The maximum atomic E-state index is 11.3. The van der Waals surface area contributed by atoms with E-state index in [1.165, 1.54) is 6.07 Å². The van der Waals surface area contributed by atoms with Crippen LogP contribution in [0.1, 0.15) is 5.56 Å². The van der Waals surface area contributed by atoms with Gasteiger partial charge in [-0.3, -0.25) is 25.2 Å². The summed E-state index contributed by atoms with van der Waals surface area (Å²) < 4.78 is 11.0. The normalized spacial score (nSPS) is 13.8. The standard InChI is InChI=1S/C23H20N4O6/c28-26(29)20-8-9-23(22(15-20)27(30)31)33-21-3-1-2-17(14-21)16-24-18-4-6-19(7-5-18)25-10-12-32-13-11-25/h1-9,14-16H,10-13H2. The third-order valence-electron chi connectivity index (χ3n) is 5.02. The fourth-order valence-electron chi connectivity index (χ4n) is 3.35. The second-order valence-corrected chi connectivity index (χ2v) is 7.21. The number of hydrogen-bond acceptors (Lipinski definition) is 8. The van der Waals surface area contributed by atoms with Gasteiger partial charge in [-0.1, -0.05) is 12.1 Å². The second kappa shape index (κ2) is 9.88. The molecular weight excluding hydrogens is 428 g/mol. The summed E-state index contributed by atoms with van der Waals surface area (Å²) in [4.78, 5) is 27.5. The van der Waals surface area contributed by atoms with Crippen molar-refractivity contribution in [3.63, 3.8) is 0 Å². The van der Waals surface area contributed by atoms with Gasteiger partial charge in [0.15, 0.2) is 0 Å². The number of morpholine rings is 1. The van der Waals surface area contributed by atoms with Crippen molar-refractivity contribution in [2.45, 2.75) is 0 Å². The summed E-state index contributed by atoms with van der Waals surface area (Å²) in [5.41, 5.74) is 1.77. The highest BCUT2D eigenvalue weighted by Crippen LogP contribution is 2.34. The van der Waals surface area contributed by atoms with Gasteiger partial charge in [0.05, 0.1) is 34.8 Å². The summed E-state index contributed by atoms with van der Waals surface area (Å²) in [6.45, 7) is 3.17. The number of nitrogens with zero attached hydrogens (tertiary/aromatic N) is 4. The van der Waals surface area contributed by atoms with E-state index in [2.05, 4.69) is 9.89 Å². The van der Waals surface area contributed by atoms with Gasteiger partial charge in [-0.05, 0) is 48.0 Å². The Kier molecular flexibility index (Phi) is 6.56. The highest BCUT2D eigenvalue weighted by Gasteiger charge is 2.21. The molecule has 1 aliphatic rings. The molecular formula is C23H20N4O6. The number of anilines is 1. The van der Waals surface area contributed by atoms with E-state index < -0.39 is 15.5 Å². The molecule has 0 saturated carbocycles. The highest BCUT2D eigenvalue weighted by atomic mass is 16.6. The second-order valence-electron chi connectivity index (χ2n) is 7.21. The van der Waals surface area contributed by atoms with E-state index in [-0.39, 0.29) is 11.4 Å². The predicted octanol–water partition coefficient (Wildman–Crippen LogP) is 4.88. The minimum Gasteiger partial charge on any atom is -0.450 e. The number of non-ortho nitro benzene ring substituents is 1. The van der Waals surface area contributed by atoms with E-state index in [0.29, 0.717) is 5.75 Å². The maximum absolute atomic E-state index is 11.3. The topological polar surface area (TPSA) is 120 Å². The first-order valence-electron chi connectivity index (χ1n) is 10.2. The molecule has 4 rings (SSSR count). The number of nitro benzene ring substituents is 2. The Balaban J connectivity index is 1.47. The van der Waals surface area contributed by atoms with E-state index in [9.17, 15) is 20.2 Å². The van der Waals surface area contributed by atoms with Gasteiger partial charge in [0.2, 0.25) is 5.75 Å². The lowest BCUT2D eigenvalue weighted by molar-refractivity contribution is -0.394. The minimum absolute atomic E-state index is 0.0848. The third-order valence-corrected chi connectivity index (χ3v) is 5.02. The largest absolute Gasteiger partial charge is 0.450 e. The Morgan fingerprint density at radius 1 is 0.939 bits per heavy atom. The number of nitro groups is 2. The molecule has 0 atom stereocenters. The first kappa shape index (κ1) is 21.9. The van der Waals surface area contributed by atoms with E-state index in [1.54, 1.807) is 24.4 Å². The minimum atomic E-state index is -0.714. The highest BCUT2D eigenvalue weighted by molar-refractivity contribution is 5.82. The lowest BCUT2D eigenvalue weighted by Gasteiger charge is -2.28. The molecule has 10 nitrogen and oxygen atoms in total. The van der Waals surface area contributed by atoms with Crippen molar-refractivity contribution in [3.8, 4) is 11.5 Å². The Morgan fingerprint density at radius 3 is 2.39 bits per heavy atom. The number of ether oxygens (including phenoxy) is 2. The van der Waals surface area contributed by atoms with Crippen molar-refractivity contribution in [3.05, 3.63) is 92.5 Å². The molecule has 0 aromatic heterocycles. The Labute approximate surface area is 189 Å². The fraction of sp³-hybridized carbons (Fsp3) is 0.174. The molecule has 0 bridgehead atoms. The molecule has 0 amide bonds. The van der Waals surface area contributed by atoms with Gasteiger partial charge in [0, 0.05) is 31.1 Å². The molecule has 1 saturated heterocycles. The summed E-state index contributed by atoms with van der Waals surface area (Å²) in [5.74, 6) is 0.261. The van der Waals surface area contributed by atoms with Gasteiger partial charge in [-0.15, -0.1) is 0 Å². The van der Waals surface area contributed by atoms with Gasteiger partial charge in [0.25, 0.3) is 5.69 Å². The van der Waals surface area contributed by atoms with E-state index in [1.807, 2.05) is 30.3 Å². The smallest absolute Gasteiger partial charge is 0.318 e. The average Bonchev–Trinajstić information content (AvgIpc) is 2.84. The van der Waals surface area contributed by atoms with Gasteiger partial charge in [-0.25, -0.2) is 0 Å². The quantitative estimate of drug-likeness (QED) is 0.287. The number of rotatable bonds is 7. The molecule has 1 heterocycles. The molecule has 1 fully saturated rings. The van der Waals surface area contributed by atoms with Gasteiger partial charge < -0.3 is 14.4 Å². The average molecular weight is 448 g/mol. The molecule has 168 valence electrons. The zero-order chi connectivity index (χ0) is 23.2. The monoisotopic (exact) mass is 448 g/mol. The van der Waals surface area contributed by atoms with Crippen molar-refractivity contribution in [1.29, 1.82) is 0 Å². The predicted molar refractivity (Wildman–Crippen MR) is 123 cm³/mol. The molecule has 0 unspecified atom stereocenters. The van der Waals surface area contributed by atoms with Crippen LogP contribution in [0.4, 0.5) is 22.7 Å². The first-order valence-corrected chi connectivity index (χ1v) is 10.2. The molecule has 3 aromatic carbocycles. The summed E-state index contributed by atoms with van der Waals surface area (Å²) in [7, 11) is 0. The summed E-state index contributed by atoms with van der Waals surface area (Å²) >= 11 is 0. The van der Waals surface area contributed by atoms with Crippen LogP contribution in [0.25, 0.3) is 0 Å². The molecule has 10 heteroatoms. The zero-order valence-corrected chi connectivity index (χ0v) is 17.5. The van der Waals surface area contributed by atoms with Crippen molar-refractivity contribution in [1.82, 2.24) is 0 Å². The first-order chi connectivity index (χ1) is 16.0. The van der Waals surface area contributed by atoms with Crippen LogP contribution in [-0.2, 0) is 4.74 Å². The van der Waals surface area contributed by atoms with Gasteiger partial charge in [0.1, 0.15) is 5.75 Å². The molecule has 0 aliphatic carbocycles. The van der Waals surface area contributed by atoms with Crippen LogP contribution in [0.15, 0.2) is 71.7 Å². The van der Waals surface area contributed by atoms with Crippen LogP contribution >= 0.6 is 0 Å². The lowest BCUT2D eigenvalue weighted by atomic mass is 10.2.